The lowest BCUT2D eigenvalue weighted by Gasteiger charge is -2.32. The lowest BCUT2D eigenvalue weighted by molar-refractivity contribution is -0.116. The van der Waals surface area contributed by atoms with Crippen LogP contribution in [0.3, 0.4) is 0 Å². The van der Waals surface area contributed by atoms with Crippen molar-refractivity contribution in [2.75, 3.05) is 25.0 Å². The number of piperidine rings is 1. The molecule has 9 heteroatoms. The highest BCUT2D eigenvalue weighted by atomic mass is 32.2. The third-order valence-electron chi connectivity index (χ3n) is 5.96. The average Bonchev–Trinajstić information content (AvgIpc) is 2.90. The van der Waals surface area contributed by atoms with E-state index in [1.165, 1.54) is 12.1 Å². The number of fused-ring (bicyclic) bond motifs is 1. The van der Waals surface area contributed by atoms with Gasteiger partial charge in [-0.3, -0.25) is 9.69 Å². The van der Waals surface area contributed by atoms with E-state index in [2.05, 4.69) is 14.9 Å². The van der Waals surface area contributed by atoms with Gasteiger partial charge in [-0.2, -0.15) is 0 Å². The monoisotopic (exact) mass is 477 g/mol. The molecule has 0 aromatic heterocycles. The number of hydrogen-bond acceptors (Lipinski definition) is 5. The number of rotatable bonds is 6. The van der Waals surface area contributed by atoms with E-state index < -0.39 is 10.0 Å². The molecule has 6 nitrogen and oxygen atoms in total. The highest BCUT2D eigenvalue weighted by Crippen LogP contribution is 2.36. The minimum absolute atomic E-state index is 0.103. The summed E-state index contributed by atoms with van der Waals surface area (Å²) in [5.74, 6) is -0.0563. The highest BCUT2D eigenvalue weighted by molar-refractivity contribution is 8.00. The summed E-state index contributed by atoms with van der Waals surface area (Å²) in [5.41, 5.74) is 1.24. The van der Waals surface area contributed by atoms with Gasteiger partial charge >= 0.3 is 0 Å². The van der Waals surface area contributed by atoms with E-state index in [1.54, 1.807) is 36.0 Å². The number of carbonyl (C=O) groups excluding carboxylic acids is 1. The van der Waals surface area contributed by atoms with Gasteiger partial charge in [-0.15, -0.1) is 11.8 Å². The molecule has 0 aliphatic carbocycles. The van der Waals surface area contributed by atoms with Gasteiger partial charge in [-0.05, 0) is 56.1 Å². The molecule has 0 radical (unpaired) electrons. The molecule has 32 heavy (non-hydrogen) atoms. The molecule has 0 saturated carbocycles. The highest BCUT2D eigenvalue weighted by Gasteiger charge is 2.25. The van der Waals surface area contributed by atoms with Gasteiger partial charge in [0.2, 0.25) is 15.9 Å². The number of likely N-dealkylation sites (tertiary alicyclic amines) is 1. The van der Waals surface area contributed by atoms with E-state index in [-0.39, 0.29) is 27.8 Å². The zero-order valence-electron chi connectivity index (χ0n) is 18.0. The maximum absolute atomic E-state index is 13.9. The van der Waals surface area contributed by atoms with E-state index in [4.69, 9.17) is 0 Å². The zero-order valence-corrected chi connectivity index (χ0v) is 19.6. The molecule has 2 aliphatic heterocycles. The normalized spacial score (nSPS) is 20.4. The fourth-order valence-corrected chi connectivity index (χ4v) is 6.32. The van der Waals surface area contributed by atoms with Crippen molar-refractivity contribution < 1.29 is 17.6 Å². The van der Waals surface area contributed by atoms with Crippen LogP contribution in [0.5, 0.6) is 0 Å². The van der Waals surface area contributed by atoms with Crippen molar-refractivity contribution in [2.45, 2.75) is 47.8 Å². The fourth-order valence-electron chi connectivity index (χ4n) is 4.12. The third kappa shape index (κ3) is 5.70. The zero-order chi connectivity index (χ0) is 22.7. The molecule has 0 spiro atoms. The van der Waals surface area contributed by atoms with Gasteiger partial charge in [0.05, 0.1) is 10.6 Å². The number of halogens is 1. The molecule has 2 heterocycles. The van der Waals surface area contributed by atoms with Gasteiger partial charge in [0, 0.05) is 35.2 Å². The SMILES string of the molecule is C[C@@H]1CC(=O)Nc2cc(S(=O)(=O)NCC3CCN(Cc4ccccc4F)CC3)ccc2S1. The summed E-state index contributed by atoms with van der Waals surface area (Å²) in [4.78, 5) is 15.2. The van der Waals surface area contributed by atoms with Crippen LogP contribution in [0.15, 0.2) is 52.3 Å². The fraction of sp³-hybridized carbons (Fsp3) is 0.435. The number of anilines is 1. The van der Waals surface area contributed by atoms with Crippen molar-refractivity contribution in [3.63, 3.8) is 0 Å². The molecule has 2 N–H and O–H groups in total. The second-order valence-electron chi connectivity index (χ2n) is 8.50. The molecule has 1 saturated heterocycles. The lowest BCUT2D eigenvalue weighted by atomic mass is 9.97. The Kier molecular flexibility index (Phi) is 7.19. The Morgan fingerprint density at radius 3 is 2.69 bits per heavy atom. The molecule has 2 aromatic rings. The van der Waals surface area contributed by atoms with Crippen molar-refractivity contribution in [1.29, 1.82) is 0 Å². The van der Waals surface area contributed by atoms with Gasteiger partial charge in [0.1, 0.15) is 5.82 Å². The summed E-state index contributed by atoms with van der Waals surface area (Å²) < 4.78 is 42.3. The first kappa shape index (κ1) is 23.2. The Hall–Kier alpha value is -1.94. The number of thioether (sulfide) groups is 1. The van der Waals surface area contributed by atoms with Gasteiger partial charge in [0.25, 0.3) is 0 Å². The van der Waals surface area contributed by atoms with Crippen LogP contribution in [0.25, 0.3) is 0 Å². The summed E-state index contributed by atoms with van der Waals surface area (Å²) in [6, 6.07) is 11.7. The molecule has 2 aromatic carbocycles. The van der Waals surface area contributed by atoms with E-state index in [0.717, 1.165) is 30.8 Å². The van der Waals surface area contributed by atoms with Gasteiger partial charge < -0.3 is 5.32 Å². The van der Waals surface area contributed by atoms with Gasteiger partial charge in [-0.25, -0.2) is 17.5 Å². The van der Waals surface area contributed by atoms with Crippen LogP contribution in [0, 0.1) is 11.7 Å². The van der Waals surface area contributed by atoms with Crippen molar-refractivity contribution >= 4 is 33.4 Å². The molecule has 2 aliphatic rings. The molecular weight excluding hydrogens is 449 g/mol. The largest absolute Gasteiger partial charge is 0.325 e. The molecular formula is C23H28FN3O3S2. The number of hydrogen-bond donors (Lipinski definition) is 2. The van der Waals surface area contributed by atoms with E-state index in [9.17, 15) is 17.6 Å². The standard InChI is InChI=1S/C23H28FN3O3S2/c1-16-12-23(28)26-21-13-19(6-7-22(21)31-16)32(29,30)25-14-17-8-10-27(11-9-17)15-18-4-2-3-5-20(18)24/h2-7,13,16-17,25H,8-12,14-15H2,1H3,(H,26,28)/t16-/m1/s1. The van der Waals surface area contributed by atoms with E-state index in [0.29, 0.717) is 30.8 Å². The Labute approximate surface area is 193 Å². The predicted molar refractivity (Wildman–Crippen MR) is 125 cm³/mol. The molecule has 172 valence electrons. The first-order chi connectivity index (χ1) is 15.3. The van der Waals surface area contributed by atoms with Crippen molar-refractivity contribution in [2.24, 2.45) is 5.92 Å². The first-order valence-electron chi connectivity index (χ1n) is 10.9. The van der Waals surface area contributed by atoms with Gasteiger partial charge in [-0.1, -0.05) is 25.1 Å². The summed E-state index contributed by atoms with van der Waals surface area (Å²) >= 11 is 1.57. The average molecular weight is 478 g/mol. The Morgan fingerprint density at radius 1 is 1.19 bits per heavy atom. The summed E-state index contributed by atoms with van der Waals surface area (Å²) in [5, 5.41) is 2.96. The molecule has 1 atom stereocenters. The van der Waals surface area contributed by atoms with Crippen molar-refractivity contribution in [3.05, 3.63) is 53.8 Å². The Bertz CT molecular complexity index is 1090. The summed E-state index contributed by atoms with van der Waals surface area (Å²) in [6.45, 7) is 4.53. The summed E-state index contributed by atoms with van der Waals surface area (Å²) in [7, 11) is -3.68. The number of benzene rings is 2. The minimum Gasteiger partial charge on any atom is -0.325 e. The second kappa shape index (κ2) is 9.91. The molecule has 0 unspecified atom stereocenters. The number of carbonyl (C=O) groups is 1. The number of sulfonamides is 1. The Balaban J connectivity index is 1.32. The van der Waals surface area contributed by atoms with Crippen LogP contribution in [0.1, 0.15) is 31.7 Å². The molecule has 1 amide bonds. The topological polar surface area (TPSA) is 78.5 Å². The maximum atomic E-state index is 13.9. The first-order valence-corrected chi connectivity index (χ1v) is 13.2. The number of amides is 1. The van der Waals surface area contributed by atoms with Crippen molar-refractivity contribution in [3.8, 4) is 0 Å². The van der Waals surface area contributed by atoms with E-state index in [1.807, 2.05) is 13.0 Å². The smallest absolute Gasteiger partial charge is 0.240 e. The van der Waals surface area contributed by atoms with Crippen LogP contribution < -0.4 is 10.0 Å². The van der Waals surface area contributed by atoms with Crippen molar-refractivity contribution in [1.82, 2.24) is 9.62 Å². The third-order valence-corrected chi connectivity index (χ3v) is 8.56. The lowest BCUT2D eigenvalue weighted by Crippen LogP contribution is -2.38. The van der Waals surface area contributed by atoms with Crippen LogP contribution in [0.4, 0.5) is 10.1 Å². The Morgan fingerprint density at radius 2 is 1.94 bits per heavy atom. The van der Waals surface area contributed by atoms with Crippen LogP contribution >= 0.6 is 11.8 Å². The quantitative estimate of drug-likeness (QED) is 0.661. The molecule has 1 fully saturated rings. The summed E-state index contributed by atoms with van der Waals surface area (Å²) in [6.07, 6.45) is 2.10. The van der Waals surface area contributed by atoms with Gasteiger partial charge in [0.15, 0.2) is 0 Å². The minimum atomic E-state index is -3.68. The van der Waals surface area contributed by atoms with Crippen LogP contribution in [-0.2, 0) is 21.4 Å². The maximum Gasteiger partial charge on any atom is 0.240 e. The number of nitrogens with zero attached hydrogens (tertiary/aromatic N) is 1. The van der Waals surface area contributed by atoms with Crippen LogP contribution in [-0.4, -0.2) is 44.1 Å². The van der Waals surface area contributed by atoms with E-state index >= 15 is 0 Å². The van der Waals surface area contributed by atoms with Crippen LogP contribution in [0.2, 0.25) is 0 Å². The molecule has 0 bridgehead atoms. The second-order valence-corrected chi connectivity index (χ2v) is 11.7. The molecule has 4 rings (SSSR count). The predicted octanol–water partition coefficient (Wildman–Crippen LogP) is 3.84. The number of nitrogens with one attached hydrogen (secondary N) is 2.